The first-order chi connectivity index (χ1) is 10.9. The van der Waals surface area contributed by atoms with Crippen molar-refractivity contribution in [2.75, 3.05) is 18.6 Å². The molecule has 2 heterocycles. The van der Waals surface area contributed by atoms with Gasteiger partial charge in [-0.2, -0.15) is 11.8 Å². The zero-order valence-corrected chi connectivity index (χ0v) is 13.8. The summed E-state index contributed by atoms with van der Waals surface area (Å²) in [5, 5.41) is 3.67. The van der Waals surface area contributed by atoms with Crippen LogP contribution in [0.5, 0.6) is 0 Å². The van der Waals surface area contributed by atoms with Crippen LogP contribution < -0.4 is 5.32 Å². The Morgan fingerprint density at radius 1 is 1.36 bits per heavy atom. The normalized spacial score (nSPS) is 17.2. The Labute approximate surface area is 136 Å². The maximum atomic E-state index is 4.78. The third kappa shape index (κ3) is 3.65. The van der Waals surface area contributed by atoms with Gasteiger partial charge in [-0.15, -0.1) is 0 Å². The molecule has 4 nitrogen and oxygen atoms in total. The molecule has 0 aromatic carbocycles. The van der Waals surface area contributed by atoms with Gasteiger partial charge in [0.1, 0.15) is 0 Å². The highest BCUT2D eigenvalue weighted by Crippen LogP contribution is 2.29. The van der Waals surface area contributed by atoms with Crippen LogP contribution in [-0.2, 0) is 6.42 Å². The van der Waals surface area contributed by atoms with E-state index in [0.29, 0.717) is 6.04 Å². The Bertz CT molecular complexity index is 603. The predicted molar refractivity (Wildman–Crippen MR) is 91.9 cm³/mol. The van der Waals surface area contributed by atoms with Crippen molar-refractivity contribution >= 4 is 11.8 Å². The summed E-state index contributed by atoms with van der Waals surface area (Å²) in [6.45, 7) is 1.06. The number of thioether (sulfide) groups is 1. The average Bonchev–Trinajstić information content (AvgIpc) is 2.59. The first kappa shape index (κ1) is 15.4. The lowest BCUT2D eigenvalue weighted by molar-refractivity contribution is 0.454. The Morgan fingerprint density at radius 2 is 2.32 bits per heavy atom. The monoisotopic (exact) mass is 314 g/mol. The molecule has 0 bridgehead atoms. The molecule has 0 spiro atoms. The van der Waals surface area contributed by atoms with Crippen LogP contribution in [0.4, 0.5) is 0 Å². The van der Waals surface area contributed by atoms with E-state index in [0.717, 1.165) is 24.4 Å². The molecule has 116 valence electrons. The van der Waals surface area contributed by atoms with Gasteiger partial charge in [0.2, 0.25) is 0 Å². The quantitative estimate of drug-likeness (QED) is 0.829. The second-order valence-corrected chi connectivity index (χ2v) is 6.57. The third-order valence-corrected chi connectivity index (χ3v) is 4.71. The Kier molecular flexibility index (Phi) is 5.40. The molecule has 0 fully saturated rings. The van der Waals surface area contributed by atoms with Gasteiger partial charge in [0.15, 0.2) is 5.82 Å². The maximum Gasteiger partial charge on any atom is 0.160 e. The van der Waals surface area contributed by atoms with Crippen molar-refractivity contribution in [1.82, 2.24) is 20.3 Å². The number of rotatable bonds is 6. The Hall–Kier alpha value is -1.46. The fourth-order valence-electron chi connectivity index (χ4n) is 2.89. The van der Waals surface area contributed by atoms with Crippen molar-refractivity contribution in [2.45, 2.75) is 31.7 Å². The van der Waals surface area contributed by atoms with Gasteiger partial charge in [0, 0.05) is 41.5 Å². The van der Waals surface area contributed by atoms with E-state index in [1.165, 1.54) is 36.3 Å². The zero-order valence-electron chi connectivity index (χ0n) is 13.0. The SMILES string of the molecule is CSCCCNC1CCCc2nc(-c3cccnc3)ncc21. The van der Waals surface area contributed by atoms with Crippen LogP contribution in [0.1, 0.15) is 36.6 Å². The lowest BCUT2D eigenvalue weighted by Gasteiger charge is -2.25. The van der Waals surface area contributed by atoms with Crippen LogP contribution in [0.15, 0.2) is 30.7 Å². The van der Waals surface area contributed by atoms with Crippen molar-refractivity contribution in [3.8, 4) is 11.4 Å². The lowest BCUT2D eigenvalue weighted by atomic mass is 9.92. The van der Waals surface area contributed by atoms with Gasteiger partial charge < -0.3 is 5.32 Å². The smallest absolute Gasteiger partial charge is 0.160 e. The summed E-state index contributed by atoms with van der Waals surface area (Å²) < 4.78 is 0. The van der Waals surface area contributed by atoms with E-state index in [1.54, 1.807) is 6.20 Å². The molecule has 2 aromatic heterocycles. The number of pyridine rings is 1. The predicted octanol–water partition coefficient (Wildman–Crippen LogP) is 3.26. The average molecular weight is 314 g/mol. The topological polar surface area (TPSA) is 50.7 Å². The molecule has 0 aliphatic heterocycles. The molecule has 22 heavy (non-hydrogen) atoms. The molecule has 2 aromatic rings. The van der Waals surface area contributed by atoms with Crippen molar-refractivity contribution in [1.29, 1.82) is 0 Å². The molecule has 0 saturated heterocycles. The molecular formula is C17H22N4S. The summed E-state index contributed by atoms with van der Waals surface area (Å²) in [6.07, 6.45) is 12.4. The minimum absolute atomic E-state index is 0.411. The Balaban J connectivity index is 1.75. The molecule has 5 heteroatoms. The van der Waals surface area contributed by atoms with E-state index in [9.17, 15) is 0 Å². The number of aromatic nitrogens is 3. The minimum atomic E-state index is 0.411. The summed E-state index contributed by atoms with van der Waals surface area (Å²) >= 11 is 1.90. The van der Waals surface area contributed by atoms with Crippen molar-refractivity contribution in [3.63, 3.8) is 0 Å². The second-order valence-electron chi connectivity index (χ2n) is 5.58. The molecule has 1 unspecified atom stereocenters. The fourth-order valence-corrected chi connectivity index (χ4v) is 3.32. The number of aryl methyl sites for hydroxylation is 1. The maximum absolute atomic E-state index is 4.78. The van der Waals surface area contributed by atoms with E-state index in [4.69, 9.17) is 4.98 Å². The molecular weight excluding hydrogens is 292 g/mol. The summed E-state index contributed by atoms with van der Waals surface area (Å²) in [6, 6.07) is 4.35. The largest absolute Gasteiger partial charge is 0.310 e. The van der Waals surface area contributed by atoms with Crippen LogP contribution in [0.25, 0.3) is 11.4 Å². The van der Waals surface area contributed by atoms with Crippen molar-refractivity contribution in [3.05, 3.63) is 42.0 Å². The van der Waals surface area contributed by atoms with E-state index in [-0.39, 0.29) is 0 Å². The van der Waals surface area contributed by atoms with Crippen LogP contribution >= 0.6 is 11.8 Å². The number of nitrogens with zero attached hydrogens (tertiary/aromatic N) is 3. The minimum Gasteiger partial charge on any atom is -0.310 e. The molecule has 0 radical (unpaired) electrons. The molecule has 1 atom stereocenters. The van der Waals surface area contributed by atoms with Crippen LogP contribution in [0.3, 0.4) is 0 Å². The van der Waals surface area contributed by atoms with Crippen LogP contribution in [0.2, 0.25) is 0 Å². The third-order valence-electron chi connectivity index (χ3n) is 4.02. The first-order valence-corrected chi connectivity index (χ1v) is 9.26. The number of fused-ring (bicyclic) bond motifs is 1. The van der Waals surface area contributed by atoms with E-state index >= 15 is 0 Å². The molecule has 3 rings (SSSR count). The molecule has 0 saturated carbocycles. The highest BCUT2D eigenvalue weighted by atomic mass is 32.2. The van der Waals surface area contributed by atoms with Gasteiger partial charge in [0.05, 0.1) is 0 Å². The summed E-state index contributed by atoms with van der Waals surface area (Å²) in [4.78, 5) is 13.5. The summed E-state index contributed by atoms with van der Waals surface area (Å²) in [5.74, 6) is 2.00. The van der Waals surface area contributed by atoms with Gasteiger partial charge in [-0.1, -0.05) is 0 Å². The number of nitrogens with one attached hydrogen (secondary N) is 1. The van der Waals surface area contributed by atoms with Gasteiger partial charge in [-0.3, -0.25) is 4.98 Å². The highest BCUT2D eigenvalue weighted by molar-refractivity contribution is 7.98. The highest BCUT2D eigenvalue weighted by Gasteiger charge is 2.21. The number of hydrogen-bond acceptors (Lipinski definition) is 5. The van der Waals surface area contributed by atoms with Gasteiger partial charge in [-0.25, -0.2) is 9.97 Å². The zero-order chi connectivity index (χ0) is 15.2. The fraction of sp³-hybridized carbons (Fsp3) is 0.471. The molecule has 1 aliphatic carbocycles. The first-order valence-electron chi connectivity index (χ1n) is 7.87. The van der Waals surface area contributed by atoms with Gasteiger partial charge in [-0.05, 0) is 56.4 Å². The van der Waals surface area contributed by atoms with Gasteiger partial charge >= 0.3 is 0 Å². The van der Waals surface area contributed by atoms with E-state index in [2.05, 4.69) is 21.5 Å². The van der Waals surface area contributed by atoms with E-state index < -0.39 is 0 Å². The lowest BCUT2D eigenvalue weighted by Crippen LogP contribution is -2.27. The molecule has 1 N–H and O–H groups in total. The van der Waals surface area contributed by atoms with Gasteiger partial charge in [0.25, 0.3) is 0 Å². The van der Waals surface area contributed by atoms with E-state index in [1.807, 2.05) is 36.3 Å². The van der Waals surface area contributed by atoms with Crippen molar-refractivity contribution < 1.29 is 0 Å². The Morgan fingerprint density at radius 3 is 3.14 bits per heavy atom. The standard InChI is InChI=1S/C17H22N4S/c1-22-10-4-9-19-15-6-2-7-16-14(15)12-20-17(21-16)13-5-3-8-18-11-13/h3,5,8,11-12,15,19H,2,4,6-7,9-10H2,1H3. The second kappa shape index (κ2) is 7.70. The number of hydrogen-bond donors (Lipinski definition) is 1. The van der Waals surface area contributed by atoms with Crippen LogP contribution in [-0.4, -0.2) is 33.5 Å². The molecule has 1 aliphatic rings. The molecule has 0 amide bonds. The van der Waals surface area contributed by atoms with Crippen molar-refractivity contribution in [2.24, 2.45) is 0 Å². The van der Waals surface area contributed by atoms with Crippen LogP contribution in [0, 0.1) is 0 Å². The summed E-state index contributed by atoms with van der Waals surface area (Å²) in [7, 11) is 0. The summed E-state index contributed by atoms with van der Waals surface area (Å²) in [5.41, 5.74) is 3.46.